The lowest BCUT2D eigenvalue weighted by atomic mass is 10.1. The third-order valence-electron chi connectivity index (χ3n) is 1.36. The van der Waals surface area contributed by atoms with Crippen molar-refractivity contribution in [1.29, 1.82) is 0 Å². The van der Waals surface area contributed by atoms with E-state index in [4.69, 9.17) is 42.4 Å². The van der Waals surface area contributed by atoms with Gasteiger partial charge in [-0.15, -0.1) is 11.6 Å². The van der Waals surface area contributed by atoms with Crippen molar-refractivity contribution < 1.29 is 29.6 Å². The van der Waals surface area contributed by atoms with Gasteiger partial charge in [0.2, 0.25) is 0 Å². The lowest BCUT2D eigenvalue weighted by Crippen LogP contribution is -2.50. The zero-order valence-corrected chi connectivity index (χ0v) is 10.6. The molecule has 0 aliphatic rings. The van der Waals surface area contributed by atoms with Crippen LogP contribution >= 0.6 is 20.2 Å². The Bertz CT molecular complexity index is 142. The highest BCUT2D eigenvalue weighted by Crippen LogP contribution is 2.24. The van der Waals surface area contributed by atoms with Crippen molar-refractivity contribution in [3.8, 4) is 0 Å². The Labute approximate surface area is 100 Å². The van der Waals surface area contributed by atoms with Crippen LogP contribution in [0.2, 0.25) is 0 Å². The molecule has 0 spiro atoms. The van der Waals surface area contributed by atoms with E-state index in [1.54, 1.807) is 6.92 Å². The van der Waals surface area contributed by atoms with E-state index in [9.17, 15) is 0 Å². The van der Waals surface area contributed by atoms with Crippen LogP contribution in [0.5, 0.6) is 0 Å². The van der Waals surface area contributed by atoms with Crippen LogP contribution in [0.3, 0.4) is 0 Å². The Balaban J connectivity index is 0. The molecule has 1 atom stereocenters. The number of halogens is 1. The van der Waals surface area contributed by atoms with E-state index in [-0.39, 0.29) is 12.0 Å². The molecule has 0 bridgehead atoms. The van der Waals surface area contributed by atoms with Gasteiger partial charge in [0.15, 0.2) is 0 Å². The van der Waals surface area contributed by atoms with E-state index in [1.165, 1.54) is 0 Å². The Kier molecular flexibility index (Phi) is 12.4. The first-order valence-corrected chi connectivity index (χ1v) is 5.97. The minimum absolute atomic E-state index is 0.167. The fourth-order valence-corrected chi connectivity index (χ4v) is 0.827. The number of hydrogen-bond acceptors (Lipinski definition) is 7. The molecule has 9 heteroatoms. The quantitative estimate of drug-likeness (QED) is 0.257. The van der Waals surface area contributed by atoms with Crippen LogP contribution in [0.4, 0.5) is 0 Å². The van der Waals surface area contributed by atoms with Crippen LogP contribution in [0, 0.1) is 0 Å². The van der Waals surface area contributed by atoms with E-state index in [2.05, 4.69) is 4.52 Å². The number of aliphatic hydroxyl groups excluding tert-OH is 3. The molecular weight excluding hydrogens is 261 g/mol. The van der Waals surface area contributed by atoms with Gasteiger partial charge in [-0.25, -0.2) is 0 Å². The van der Waals surface area contributed by atoms with Crippen molar-refractivity contribution >= 4 is 20.2 Å². The Hall–Kier alpha value is 0.440. The summed E-state index contributed by atoms with van der Waals surface area (Å²) in [6, 6.07) is 0. The molecule has 100 valence electrons. The third-order valence-corrected chi connectivity index (χ3v) is 1.87. The summed E-state index contributed by atoms with van der Waals surface area (Å²) in [6.45, 7) is 0.681. The monoisotopic (exact) mass is 279 g/mol. The average molecular weight is 280 g/mol. The third kappa shape index (κ3) is 12.5. The van der Waals surface area contributed by atoms with Gasteiger partial charge in [0.05, 0.1) is 37.3 Å². The molecule has 0 saturated carbocycles. The van der Waals surface area contributed by atoms with E-state index in [0.717, 1.165) is 0 Å². The second-order valence-electron chi connectivity index (χ2n) is 3.17. The van der Waals surface area contributed by atoms with Gasteiger partial charge in [0, 0.05) is 0 Å². The van der Waals surface area contributed by atoms with E-state index < -0.39 is 34.0 Å². The molecule has 0 aromatic carbocycles. The normalized spacial score (nSPS) is 13.3. The van der Waals surface area contributed by atoms with E-state index in [0.29, 0.717) is 0 Å². The van der Waals surface area contributed by atoms with Gasteiger partial charge in [-0.3, -0.25) is 0 Å². The van der Waals surface area contributed by atoms with Gasteiger partial charge in [0.25, 0.3) is 0 Å². The molecule has 0 heterocycles. The highest BCUT2D eigenvalue weighted by molar-refractivity contribution is 7.39. The average Bonchev–Trinajstić information content (AvgIpc) is 2.26. The highest BCUT2D eigenvalue weighted by Gasteiger charge is 2.20. The maximum Gasteiger partial charge on any atom is 0.327 e. The summed E-state index contributed by atoms with van der Waals surface area (Å²) in [5.41, 5.74) is 3.94. The molecule has 0 radical (unpaired) electrons. The minimum atomic E-state index is -2.22. The first-order chi connectivity index (χ1) is 7.31. The number of alkyl halides is 1. The molecule has 0 aliphatic heterocycles. The highest BCUT2D eigenvalue weighted by atomic mass is 35.5. The summed E-state index contributed by atoms with van der Waals surface area (Å²) in [5.74, 6) is 0. The molecule has 0 amide bonds. The van der Waals surface area contributed by atoms with Gasteiger partial charge < -0.3 is 35.4 Å². The summed E-state index contributed by atoms with van der Waals surface area (Å²) >= 11 is 5.38. The number of hydrogen-bond donors (Lipinski definition) is 6. The van der Waals surface area contributed by atoms with Crippen molar-refractivity contribution in [2.75, 3.05) is 26.4 Å². The number of rotatable bonds is 6. The van der Waals surface area contributed by atoms with Crippen LogP contribution in [0.25, 0.3) is 0 Å². The van der Waals surface area contributed by atoms with Crippen molar-refractivity contribution in [3.05, 3.63) is 0 Å². The first-order valence-electron chi connectivity index (χ1n) is 4.37. The molecule has 0 fully saturated rings. The maximum atomic E-state index is 8.34. The van der Waals surface area contributed by atoms with Crippen molar-refractivity contribution in [2.45, 2.75) is 17.8 Å². The smallest absolute Gasteiger partial charge is 0.327 e. The van der Waals surface area contributed by atoms with E-state index in [1.807, 2.05) is 0 Å². The first kappa shape index (κ1) is 18.8. The summed E-state index contributed by atoms with van der Waals surface area (Å²) < 4.78 is 4.35. The largest absolute Gasteiger partial charge is 0.394 e. The molecule has 1 unspecified atom stereocenters. The molecule has 0 aromatic heterocycles. The predicted molar refractivity (Wildman–Crippen MR) is 60.8 cm³/mol. The van der Waals surface area contributed by atoms with Crippen LogP contribution in [-0.4, -0.2) is 62.4 Å². The minimum Gasteiger partial charge on any atom is -0.394 e. The molecule has 0 saturated heterocycles. The van der Waals surface area contributed by atoms with E-state index >= 15 is 0 Å². The second kappa shape index (κ2) is 10.6. The molecular formula is C7H19ClNO6P. The van der Waals surface area contributed by atoms with Gasteiger partial charge in [-0.05, 0) is 6.92 Å². The molecule has 0 aromatic rings. The SMILES string of the molecule is CC(Cl)COP(O)O.NC(CO)(CO)CO. The Morgan fingerprint density at radius 2 is 1.62 bits per heavy atom. The lowest BCUT2D eigenvalue weighted by Gasteiger charge is -2.20. The van der Waals surface area contributed by atoms with Crippen LogP contribution in [0.1, 0.15) is 6.92 Å². The lowest BCUT2D eigenvalue weighted by molar-refractivity contribution is 0.0697. The fraction of sp³-hybridized carbons (Fsp3) is 1.00. The van der Waals surface area contributed by atoms with Crippen molar-refractivity contribution in [1.82, 2.24) is 0 Å². The number of aliphatic hydroxyl groups is 3. The molecule has 7 nitrogen and oxygen atoms in total. The standard InChI is InChI=1S/C4H11NO3.C3H8ClO3P/c5-4(1-6,2-7)3-8;1-3(4)2-7-8(5)6/h6-8H,1-3,5H2;3,5-6H,2H2,1H3. The second-order valence-corrected chi connectivity index (χ2v) is 4.67. The number of nitrogens with two attached hydrogens (primary N) is 1. The van der Waals surface area contributed by atoms with Crippen LogP contribution in [-0.2, 0) is 4.52 Å². The van der Waals surface area contributed by atoms with Crippen LogP contribution in [0.15, 0.2) is 0 Å². The molecule has 0 aliphatic carbocycles. The Morgan fingerprint density at radius 3 is 1.69 bits per heavy atom. The van der Waals surface area contributed by atoms with Gasteiger partial charge in [-0.1, -0.05) is 0 Å². The molecule has 0 rings (SSSR count). The summed E-state index contributed by atoms with van der Waals surface area (Å²) in [5, 5.41) is 24.9. The maximum absolute atomic E-state index is 8.34. The summed E-state index contributed by atoms with van der Waals surface area (Å²) in [7, 11) is -2.22. The van der Waals surface area contributed by atoms with Gasteiger partial charge >= 0.3 is 8.60 Å². The Morgan fingerprint density at radius 1 is 1.25 bits per heavy atom. The zero-order valence-electron chi connectivity index (χ0n) is 8.95. The van der Waals surface area contributed by atoms with Crippen molar-refractivity contribution in [3.63, 3.8) is 0 Å². The van der Waals surface area contributed by atoms with Gasteiger partial charge in [0.1, 0.15) is 0 Å². The fourth-order valence-electron chi connectivity index (χ4n) is 0.319. The van der Waals surface area contributed by atoms with Gasteiger partial charge in [-0.2, -0.15) is 0 Å². The topological polar surface area (TPSA) is 136 Å². The van der Waals surface area contributed by atoms with Crippen LogP contribution < -0.4 is 5.73 Å². The molecule has 7 N–H and O–H groups in total. The zero-order chi connectivity index (χ0) is 13.2. The summed E-state index contributed by atoms with van der Waals surface area (Å²) in [6.07, 6.45) is 0. The predicted octanol–water partition coefficient (Wildman–Crippen LogP) is -1.50. The molecule has 16 heavy (non-hydrogen) atoms. The van der Waals surface area contributed by atoms with Crippen molar-refractivity contribution in [2.24, 2.45) is 5.73 Å². The summed E-state index contributed by atoms with van der Waals surface area (Å²) in [4.78, 5) is 16.3.